The van der Waals surface area contributed by atoms with Crippen molar-refractivity contribution in [3.8, 4) is 11.3 Å². The average Bonchev–Trinajstić information content (AvgIpc) is 3.23. The topological polar surface area (TPSA) is 77.1 Å². The molecule has 4 heterocycles. The van der Waals surface area contributed by atoms with Crippen LogP contribution in [0.5, 0.6) is 0 Å². The summed E-state index contributed by atoms with van der Waals surface area (Å²) in [4.78, 5) is 21.1. The van der Waals surface area contributed by atoms with Crippen LogP contribution in [0.3, 0.4) is 0 Å². The highest BCUT2D eigenvalue weighted by Gasteiger charge is 2.13. The van der Waals surface area contributed by atoms with Crippen molar-refractivity contribution in [1.82, 2.24) is 24.1 Å². The average molecular weight is 318 g/mol. The molecule has 0 saturated carbocycles. The fourth-order valence-electron chi connectivity index (χ4n) is 2.53. The number of carbonyl (C=O) groups excluding carboxylic acids is 1. The summed E-state index contributed by atoms with van der Waals surface area (Å²) in [5, 5.41) is 7.07. The molecule has 0 aliphatic carbocycles. The van der Waals surface area contributed by atoms with Gasteiger partial charge in [0.25, 0.3) is 5.91 Å². The van der Waals surface area contributed by atoms with Crippen molar-refractivity contribution in [2.75, 3.05) is 5.32 Å². The lowest BCUT2D eigenvalue weighted by Gasteiger charge is -2.09. The van der Waals surface area contributed by atoms with E-state index in [0.29, 0.717) is 16.9 Å². The quantitative estimate of drug-likeness (QED) is 0.629. The van der Waals surface area contributed by atoms with E-state index in [1.807, 2.05) is 19.3 Å². The maximum Gasteiger partial charge on any atom is 0.257 e. The van der Waals surface area contributed by atoms with Gasteiger partial charge in [-0.2, -0.15) is 5.10 Å². The molecule has 0 aliphatic rings. The van der Waals surface area contributed by atoms with Gasteiger partial charge >= 0.3 is 0 Å². The molecule has 0 bridgehead atoms. The van der Waals surface area contributed by atoms with Gasteiger partial charge in [0.2, 0.25) is 0 Å². The second-order valence-electron chi connectivity index (χ2n) is 5.37. The van der Waals surface area contributed by atoms with Crippen molar-refractivity contribution in [3.05, 3.63) is 67.0 Å². The Balaban J connectivity index is 1.66. The molecule has 24 heavy (non-hydrogen) atoms. The number of carbonyl (C=O) groups is 1. The van der Waals surface area contributed by atoms with Crippen molar-refractivity contribution in [3.63, 3.8) is 0 Å². The van der Waals surface area contributed by atoms with E-state index in [1.165, 1.54) is 0 Å². The molecule has 0 fully saturated rings. The van der Waals surface area contributed by atoms with Crippen molar-refractivity contribution in [2.45, 2.75) is 0 Å². The predicted octanol–water partition coefficient (Wildman–Crippen LogP) is 2.38. The highest BCUT2D eigenvalue weighted by Crippen LogP contribution is 2.25. The van der Waals surface area contributed by atoms with Crippen LogP contribution >= 0.6 is 0 Å². The fraction of sp³-hybridized carbons (Fsp3) is 0.0588. The molecule has 118 valence electrons. The Morgan fingerprint density at radius 3 is 2.88 bits per heavy atom. The zero-order valence-corrected chi connectivity index (χ0v) is 12.9. The van der Waals surface area contributed by atoms with Gasteiger partial charge in [0, 0.05) is 43.6 Å². The molecule has 0 aliphatic heterocycles. The normalized spacial score (nSPS) is 10.9. The van der Waals surface area contributed by atoms with E-state index in [4.69, 9.17) is 0 Å². The Hall–Kier alpha value is -3.48. The summed E-state index contributed by atoms with van der Waals surface area (Å²) in [6, 6.07) is 7.16. The Labute approximate surface area is 137 Å². The molecule has 4 aromatic rings. The zero-order chi connectivity index (χ0) is 16.5. The smallest absolute Gasteiger partial charge is 0.257 e. The Morgan fingerprint density at radius 1 is 1.12 bits per heavy atom. The SMILES string of the molecule is Cn1cc(-c2ncccc2NC(=O)c2ccc3nccn3c2)cn1. The standard InChI is InChI=1S/C17H14N6O/c1-22-10-13(9-20-22)16-14(3-2-6-19-16)21-17(24)12-4-5-15-18-7-8-23(15)11-12/h2-11H,1H3,(H,21,24). The highest BCUT2D eigenvalue weighted by atomic mass is 16.1. The molecule has 4 aromatic heterocycles. The van der Waals surface area contributed by atoms with Gasteiger partial charge in [-0.25, -0.2) is 4.98 Å². The van der Waals surface area contributed by atoms with Crippen molar-refractivity contribution in [1.29, 1.82) is 0 Å². The minimum atomic E-state index is -0.205. The van der Waals surface area contributed by atoms with E-state index >= 15 is 0 Å². The van der Waals surface area contributed by atoms with Crippen molar-refractivity contribution < 1.29 is 4.79 Å². The minimum absolute atomic E-state index is 0.205. The van der Waals surface area contributed by atoms with Gasteiger partial charge < -0.3 is 9.72 Å². The van der Waals surface area contributed by atoms with E-state index in [2.05, 4.69) is 20.4 Å². The van der Waals surface area contributed by atoms with Gasteiger partial charge in [-0.05, 0) is 24.3 Å². The molecule has 1 amide bonds. The zero-order valence-electron chi connectivity index (χ0n) is 12.9. The maximum atomic E-state index is 12.6. The van der Waals surface area contributed by atoms with Crippen LogP contribution in [-0.4, -0.2) is 30.1 Å². The van der Waals surface area contributed by atoms with Crippen LogP contribution < -0.4 is 5.32 Å². The molecule has 0 radical (unpaired) electrons. The third kappa shape index (κ3) is 2.52. The Morgan fingerprint density at radius 2 is 2.04 bits per heavy atom. The van der Waals surface area contributed by atoms with Crippen molar-refractivity contribution in [2.24, 2.45) is 7.05 Å². The second-order valence-corrected chi connectivity index (χ2v) is 5.37. The molecule has 7 heteroatoms. The number of fused-ring (bicyclic) bond motifs is 1. The molecule has 0 atom stereocenters. The van der Waals surface area contributed by atoms with Crippen LogP contribution in [0.1, 0.15) is 10.4 Å². The third-order valence-electron chi connectivity index (χ3n) is 3.69. The summed E-state index contributed by atoms with van der Waals surface area (Å²) >= 11 is 0. The molecule has 1 N–H and O–H groups in total. The number of anilines is 1. The van der Waals surface area contributed by atoms with Gasteiger partial charge in [0.05, 0.1) is 23.1 Å². The molecule has 0 aromatic carbocycles. The number of hydrogen-bond acceptors (Lipinski definition) is 4. The summed E-state index contributed by atoms with van der Waals surface area (Å²) in [6.07, 6.45) is 10.5. The number of pyridine rings is 2. The summed E-state index contributed by atoms with van der Waals surface area (Å²) in [6.45, 7) is 0. The van der Waals surface area contributed by atoms with Crippen LogP contribution in [0, 0.1) is 0 Å². The minimum Gasteiger partial charge on any atom is -0.320 e. The van der Waals surface area contributed by atoms with Crippen LogP contribution in [0.15, 0.2) is 61.4 Å². The second kappa shape index (κ2) is 5.62. The fourth-order valence-corrected chi connectivity index (χ4v) is 2.53. The Kier molecular flexibility index (Phi) is 3.31. The van der Waals surface area contributed by atoms with E-state index in [0.717, 1.165) is 11.2 Å². The largest absolute Gasteiger partial charge is 0.320 e. The number of nitrogens with zero attached hydrogens (tertiary/aromatic N) is 5. The lowest BCUT2D eigenvalue weighted by Crippen LogP contribution is -2.13. The van der Waals surface area contributed by atoms with E-state index in [1.54, 1.807) is 58.3 Å². The first-order valence-corrected chi connectivity index (χ1v) is 7.39. The first-order chi connectivity index (χ1) is 11.7. The molecule has 0 saturated heterocycles. The molecule has 4 rings (SSSR count). The number of aryl methyl sites for hydroxylation is 1. The first kappa shape index (κ1) is 14.1. The van der Waals surface area contributed by atoms with Gasteiger partial charge in [-0.1, -0.05) is 0 Å². The van der Waals surface area contributed by atoms with Crippen LogP contribution in [0.4, 0.5) is 5.69 Å². The van der Waals surface area contributed by atoms with Crippen molar-refractivity contribution >= 4 is 17.2 Å². The lowest BCUT2D eigenvalue weighted by molar-refractivity contribution is 0.102. The molecule has 0 spiro atoms. The number of imidazole rings is 1. The molecule has 7 nitrogen and oxygen atoms in total. The molecular formula is C17H14N6O. The van der Waals surface area contributed by atoms with Gasteiger partial charge in [-0.15, -0.1) is 0 Å². The summed E-state index contributed by atoms with van der Waals surface area (Å²) in [7, 11) is 1.84. The van der Waals surface area contributed by atoms with Gasteiger partial charge in [0.15, 0.2) is 0 Å². The summed E-state index contributed by atoms with van der Waals surface area (Å²) in [5.41, 5.74) is 3.51. The molecule has 0 unspecified atom stereocenters. The monoisotopic (exact) mass is 318 g/mol. The summed E-state index contributed by atoms with van der Waals surface area (Å²) < 4.78 is 3.50. The van der Waals surface area contributed by atoms with Gasteiger partial charge in [0.1, 0.15) is 5.65 Å². The number of hydrogen-bond donors (Lipinski definition) is 1. The predicted molar refractivity (Wildman–Crippen MR) is 89.6 cm³/mol. The van der Waals surface area contributed by atoms with Crippen LogP contribution in [0.2, 0.25) is 0 Å². The number of amides is 1. The summed E-state index contributed by atoms with van der Waals surface area (Å²) in [5.74, 6) is -0.205. The molecular weight excluding hydrogens is 304 g/mol. The van der Waals surface area contributed by atoms with E-state index in [-0.39, 0.29) is 5.91 Å². The van der Waals surface area contributed by atoms with Gasteiger partial charge in [-0.3, -0.25) is 14.5 Å². The Bertz CT molecular complexity index is 1030. The number of aromatic nitrogens is 5. The lowest BCUT2D eigenvalue weighted by atomic mass is 10.2. The number of rotatable bonds is 3. The van der Waals surface area contributed by atoms with Crippen LogP contribution in [-0.2, 0) is 7.05 Å². The first-order valence-electron chi connectivity index (χ1n) is 7.39. The highest BCUT2D eigenvalue weighted by molar-refractivity contribution is 6.05. The maximum absolute atomic E-state index is 12.6. The number of nitrogens with one attached hydrogen (secondary N) is 1. The van der Waals surface area contributed by atoms with E-state index < -0.39 is 0 Å². The van der Waals surface area contributed by atoms with Crippen LogP contribution in [0.25, 0.3) is 16.9 Å². The van der Waals surface area contributed by atoms with E-state index in [9.17, 15) is 4.79 Å². The third-order valence-corrected chi connectivity index (χ3v) is 3.69.